The normalized spacial score (nSPS) is 10.6. The number of carbonyl (C=O) groups is 1. The van der Waals surface area contributed by atoms with Crippen molar-refractivity contribution in [3.63, 3.8) is 0 Å². The second kappa shape index (κ2) is 6.16. The first kappa shape index (κ1) is 15.4. The summed E-state index contributed by atoms with van der Waals surface area (Å²) in [5.41, 5.74) is 8.33. The molecule has 0 aliphatic heterocycles. The molecule has 2 rings (SSSR count). The number of halogens is 2. The molecule has 6 heteroatoms. The van der Waals surface area contributed by atoms with E-state index in [1.807, 2.05) is 19.1 Å². The lowest BCUT2D eigenvalue weighted by Crippen LogP contribution is -2.05. The number of thiophene rings is 1. The Kier molecular flexibility index (Phi) is 4.73. The molecule has 0 amide bonds. The van der Waals surface area contributed by atoms with Crippen molar-refractivity contribution < 1.29 is 9.53 Å². The van der Waals surface area contributed by atoms with E-state index in [-0.39, 0.29) is 5.97 Å². The van der Waals surface area contributed by atoms with Gasteiger partial charge in [-0.25, -0.2) is 4.79 Å². The molecule has 0 fully saturated rings. The summed E-state index contributed by atoms with van der Waals surface area (Å²) in [7, 11) is 0. The second-order valence-electron chi connectivity index (χ2n) is 4.14. The van der Waals surface area contributed by atoms with Gasteiger partial charge in [-0.2, -0.15) is 0 Å². The van der Waals surface area contributed by atoms with Crippen LogP contribution in [0.15, 0.2) is 22.7 Å². The molecular formula is C14H13BrClNO2S. The number of nitrogen functional groups attached to an aromatic ring is 1. The monoisotopic (exact) mass is 373 g/mol. The molecule has 1 aromatic heterocycles. The lowest BCUT2D eigenvalue weighted by Gasteiger charge is -2.04. The standard InChI is InChI=1S/C14H13BrClNO2S/c1-3-19-14(18)13-11(17)7(2)12(20-13)9-5-4-8(16)6-10(9)15/h4-6H,3,17H2,1-2H3. The molecule has 0 saturated heterocycles. The zero-order chi connectivity index (χ0) is 14.9. The average Bonchev–Trinajstić information content (AvgIpc) is 2.67. The van der Waals surface area contributed by atoms with E-state index in [4.69, 9.17) is 22.1 Å². The first-order chi connectivity index (χ1) is 9.45. The van der Waals surface area contributed by atoms with Crippen molar-refractivity contribution >= 4 is 50.5 Å². The van der Waals surface area contributed by atoms with Gasteiger partial charge in [0, 0.05) is 19.9 Å². The van der Waals surface area contributed by atoms with Gasteiger partial charge in [0.05, 0.1) is 12.3 Å². The van der Waals surface area contributed by atoms with E-state index in [0.29, 0.717) is 22.2 Å². The van der Waals surface area contributed by atoms with Gasteiger partial charge in [-0.3, -0.25) is 0 Å². The quantitative estimate of drug-likeness (QED) is 0.778. The summed E-state index contributed by atoms with van der Waals surface area (Å²) < 4.78 is 5.89. The summed E-state index contributed by atoms with van der Waals surface area (Å²) in [6.07, 6.45) is 0. The number of carbonyl (C=O) groups excluding carboxylic acids is 1. The highest BCUT2D eigenvalue weighted by Gasteiger charge is 2.21. The van der Waals surface area contributed by atoms with Gasteiger partial charge in [-0.1, -0.05) is 33.6 Å². The Morgan fingerprint density at radius 1 is 1.50 bits per heavy atom. The Hall–Kier alpha value is -1.04. The van der Waals surface area contributed by atoms with Crippen LogP contribution in [0.25, 0.3) is 10.4 Å². The summed E-state index contributed by atoms with van der Waals surface area (Å²) in [6.45, 7) is 3.99. The fraction of sp³-hybridized carbons (Fsp3) is 0.214. The van der Waals surface area contributed by atoms with E-state index in [1.165, 1.54) is 11.3 Å². The summed E-state index contributed by atoms with van der Waals surface area (Å²) >= 11 is 10.8. The van der Waals surface area contributed by atoms with Crippen molar-refractivity contribution in [1.29, 1.82) is 0 Å². The predicted molar refractivity (Wildman–Crippen MR) is 87.6 cm³/mol. The number of anilines is 1. The molecule has 3 nitrogen and oxygen atoms in total. The third-order valence-electron chi connectivity index (χ3n) is 2.83. The minimum atomic E-state index is -0.380. The van der Waals surface area contributed by atoms with Crippen molar-refractivity contribution in [2.75, 3.05) is 12.3 Å². The molecule has 0 bridgehead atoms. The Balaban J connectivity index is 2.53. The highest BCUT2D eigenvalue weighted by atomic mass is 79.9. The Morgan fingerprint density at radius 2 is 2.20 bits per heavy atom. The van der Waals surface area contributed by atoms with Gasteiger partial charge in [0.15, 0.2) is 0 Å². The topological polar surface area (TPSA) is 52.3 Å². The van der Waals surface area contributed by atoms with E-state index in [1.54, 1.807) is 13.0 Å². The number of ether oxygens (including phenoxy) is 1. The van der Waals surface area contributed by atoms with Crippen molar-refractivity contribution in [1.82, 2.24) is 0 Å². The largest absolute Gasteiger partial charge is 0.462 e. The predicted octanol–water partition coefficient (Wildman–Crippen LogP) is 4.90. The van der Waals surface area contributed by atoms with Gasteiger partial charge in [0.2, 0.25) is 0 Å². The van der Waals surface area contributed by atoms with Gasteiger partial charge in [0.25, 0.3) is 0 Å². The second-order valence-corrected chi connectivity index (χ2v) is 6.46. The Labute approximate surface area is 134 Å². The van der Waals surface area contributed by atoms with E-state index in [0.717, 1.165) is 20.5 Å². The van der Waals surface area contributed by atoms with Crippen LogP contribution in [0.5, 0.6) is 0 Å². The van der Waals surface area contributed by atoms with Crippen LogP contribution in [-0.4, -0.2) is 12.6 Å². The summed E-state index contributed by atoms with van der Waals surface area (Å²) in [5, 5.41) is 0.647. The number of rotatable bonds is 3. The molecule has 0 spiro atoms. The van der Waals surface area contributed by atoms with Gasteiger partial charge >= 0.3 is 5.97 Å². The van der Waals surface area contributed by atoms with Crippen LogP contribution in [0.2, 0.25) is 5.02 Å². The Morgan fingerprint density at radius 3 is 2.80 bits per heavy atom. The van der Waals surface area contributed by atoms with E-state index < -0.39 is 0 Å². The maximum Gasteiger partial charge on any atom is 0.350 e. The zero-order valence-corrected chi connectivity index (χ0v) is 14.2. The van der Waals surface area contributed by atoms with E-state index in [2.05, 4.69) is 15.9 Å². The number of benzene rings is 1. The molecule has 0 aliphatic carbocycles. The van der Waals surface area contributed by atoms with Crippen molar-refractivity contribution in [3.05, 3.63) is 38.1 Å². The smallest absolute Gasteiger partial charge is 0.350 e. The minimum absolute atomic E-state index is 0.329. The van der Waals surface area contributed by atoms with E-state index >= 15 is 0 Å². The van der Waals surface area contributed by atoms with Crippen LogP contribution in [0.3, 0.4) is 0 Å². The molecule has 0 aliphatic rings. The van der Waals surface area contributed by atoms with Crippen molar-refractivity contribution in [3.8, 4) is 10.4 Å². The summed E-state index contributed by atoms with van der Waals surface area (Å²) in [6, 6.07) is 5.52. The molecular weight excluding hydrogens is 362 g/mol. The third-order valence-corrected chi connectivity index (χ3v) is 5.04. The van der Waals surface area contributed by atoms with Crippen LogP contribution in [-0.2, 0) is 4.74 Å². The van der Waals surface area contributed by atoms with Crippen LogP contribution >= 0.6 is 38.9 Å². The number of hydrogen-bond acceptors (Lipinski definition) is 4. The lowest BCUT2D eigenvalue weighted by atomic mass is 10.1. The molecule has 1 heterocycles. The maximum atomic E-state index is 11.9. The average molecular weight is 375 g/mol. The van der Waals surface area contributed by atoms with Crippen molar-refractivity contribution in [2.24, 2.45) is 0 Å². The number of esters is 1. The molecule has 2 N–H and O–H groups in total. The maximum absolute atomic E-state index is 11.9. The Bertz CT molecular complexity index is 669. The van der Waals surface area contributed by atoms with Gasteiger partial charge in [0.1, 0.15) is 4.88 Å². The fourth-order valence-electron chi connectivity index (χ4n) is 1.81. The first-order valence-electron chi connectivity index (χ1n) is 5.97. The molecule has 20 heavy (non-hydrogen) atoms. The summed E-state index contributed by atoms with van der Waals surface area (Å²) in [5.74, 6) is -0.380. The molecule has 0 unspecified atom stereocenters. The van der Waals surface area contributed by atoms with Crippen LogP contribution in [0.4, 0.5) is 5.69 Å². The highest BCUT2D eigenvalue weighted by Crippen LogP contribution is 2.41. The minimum Gasteiger partial charge on any atom is -0.462 e. The summed E-state index contributed by atoms with van der Waals surface area (Å²) in [4.78, 5) is 13.3. The highest BCUT2D eigenvalue weighted by molar-refractivity contribution is 9.10. The van der Waals surface area contributed by atoms with Crippen LogP contribution in [0.1, 0.15) is 22.2 Å². The molecule has 0 atom stereocenters. The third kappa shape index (κ3) is 2.85. The van der Waals surface area contributed by atoms with Crippen LogP contribution < -0.4 is 5.73 Å². The van der Waals surface area contributed by atoms with Crippen LogP contribution in [0, 0.1) is 6.92 Å². The fourth-order valence-corrected chi connectivity index (χ4v) is 3.98. The lowest BCUT2D eigenvalue weighted by molar-refractivity contribution is 0.0533. The van der Waals surface area contributed by atoms with Gasteiger partial charge in [-0.15, -0.1) is 11.3 Å². The van der Waals surface area contributed by atoms with Crippen molar-refractivity contribution in [2.45, 2.75) is 13.8 Å². The molecule has 0 saturated carbocycles. The number of hydrogen-bond donors (Lipinski definition) is 1. The zero-order valence-electron chi connectivity index (χ0n) is 11.0. The molecule has 106 valence electrons. The SMILES string of the molecule is CCOC(=O)c1sc(-c2ccc(Cl)cc2Br)c(C)c1N. The molecule has 2 aromatic rings. The van der Waals surface area contributed by atoms with E-state index in [9.17, 15) is 4.79 Å². The molecule has 0 radical (unpaired) electrons. The van der Waals surface area contributed by atoms with Gasteiger partial charge < -0.3 is 10.5 Å². The van der Waals surface area contributed by atoms with Gasteiger partial charge in [-0.05, 0) is 31.5 Å². The number of nitrogens with two attached hydrogens (primary N) is 1. The first-order valence-corrected chi connectivity index (χ1v) is 7.95. The molecule has 1 aromatic carbocycles.